The van der Waals surface area contributed by atoms with E-state index in [1.807, 2.05) is 0 Å². The molecular formula is C10H13OP. The third-order valence-corrected chi connectivity index (χ3v) is 2.86. The van der Waals surface area contributed by atoms with E-state index in [0.29, 0.717) is 5.92 Å². The highest BCUT2D eigenvalue weighted by Gasteiger charge is 2.18. The van der Waals surface area contributed by atoms with Gasteiger partial charge in [0.25, 0.3) is 0 Å². The van der Waals surface area contributed by atoms with Crippen molar-refractivity contribution in [2.45, 2.75) is 19.3 Å². The fourth-order valence-electron chi connectivity index (χ4n) is 1.62. The average Bonchev–Trinajstić information content (AvgIpc) is 2.07. The fourth-order valence-corrected chi connectivity index (χ4v) is 1.98. The van der Waals surface area contributed by atoms with Gasteiger partial charge in [-0.25, -0.2) is 0 Å². The van der Waals surface area contributed by atoms with Crippen LogP contribution in [0.2, 0.25) is 0 Å². The molecular weight excluding hydrogens is 167 g/mol. The molecule has 2 heteroatoms. The lowest BCUT2D eigenvalue weighted by atomic mass is 9.95. The van der Waals surface area contributed by atoms with Crippen molar-refractivity contribution < 1.29 is 4.74 Å². The molecule has 0 saturated heterocycles. The molecule has 0 fully saturated rings. The summed E-state index contributed by atoms with van der Waals surface area (Å²) in [5, 5.41) is 1.18. The van der Waals surface area contributed by atoms with E-state index in [2.05, 4.69) is 34.4 Å². The fraction of sp³-hybridized carbons (Fsp3) is 0.400. The highest BCUT2D eigenvalue weighted by Crippen LogP contribution is 2.32. The van der Waals surface area contributed by atoms with Gasteiger partial charge in [-0.05, 0) is 17.9 Å². The van der Waals surface area contributed by atoms with Crippen LogP contribution in [0.15, 0.2) is 18.2 Å². The van der Waals surface area contributed by atoms with Crippen LogP contribution >= 0.6 is 9.24 Å². The first-order valence-electron chi connectivity index (χ1n) is 4.30. The zero-order valence-electron chi connectivity index (χ0n) is 7.21. The van der Waals surface area contributed by atoms with Crippen LogP contribution in [0.5, 0.6) is 5.75 Å². The largest absolute Gasteiger partial charge is 0.493 e. The quantitative estimate of drug-likeness (QED) is 0.555. The Hall–Kier alpha value is -0.550. The van der Waals surface area contributed by atoms with Crippen molar-refractivity contribution in [3.05, 3.63) is 23.8 Å². The zero-order valence-corrected chi connectivity index (χ0v) is 8.36. The second kappa shape index (κ2) is 3.06. The normalized spacial score (nSPS) is 21.3. The van der Waals surface area contributed by atoms with Gasteiger partial charge in [-0.1, -0.05) is 25.1 Å². The summed E-state index contributed by atoms with van der Waals surface area (Å²) < 4.78 is 5.60. The number of benzene rings is 1. The molecule has 1 aliphatic rings. The molecule has 1 heterocycles. The minimum absolute atomic E-state index is 0.647. The first-order chi connectivity index (χ1) is 5.79. The number of fused-ring (bicyclic) bond motifs is 1. The van der Waals surface area contributed by atoms with E-state index in [1.165, 1.54) is 10.9 Å². The van der Waals surface area contributed by atoms with Gasteiger partial charge in [0.1, 0.15) is 5.75 Å². The van der Waals surface area contributed by atoms with E-state index < -0.39 is 0 Å². The Morgan fingerprint density at radius 2 is 2.33 bits per heavy atom. The second-order valence-electron chi connectivity index (χ2n) is 3.30. The maximum atomic E-state index is 5.60. The van der Waals surface area contributed by atoms with Crippen LogP contribution in [0.1, 0.15) is 24.8 Å². The summed E-state index contributed by atoms with van der Waals surface area (Å²) in [4.78, 5) is 0. The highest BCUT2D eigenvalue weighted by molar-refractivity contribution is 7.27. The van der Waals surface area contributed by atoms with Gasteiger partial charge in [-0.15, -0.1) is 9.24 Å². The number of hydrogen-bond donors (Lipinski definition) is 0. The van der Waals surface area contributed by atoms with E-state index in [9.17, 15) is 0 Å². The van der Waals surface area contributed by atoms with Gasteiger partial charge in [0.2, 0.25) is 0 Å². The molecule has 0 amide bonds. The lowest BCUT2D eigenvalue weighted by Crippen LogP contribution is -2.16. The van der Waals surface area contributed by atoms with Crippen LogP contribution in [0.25, 0.3) is 0 Å². The molecule has 0 aliphatic carbocycles. The van der Waals surface area contributed by atoms with E-state index in [-0.39, 0.29) is 0 Å². The molecule has 0 aromatic heterocycles. The van der Waals surface area contributed by atoms with Crippen molar-refractivity contribution in [1.29, 1.82) is 0 Å². The molecule has 0 radical (unpaired) electrons. The van der Waals surface area contributed by atoms with Crippen molar-refractivity contribution in [3.8, 4) is 5.75 Å². The number of para-hydroxylation sites is 1. The summed E-state index contributed by atoms with van der Waals surface area (Å²) in [5.41, 5.74) is 1.36. The Bertz CT molecular complexity index is 296. The van der Waals surface area contributed by atoms with Crippen molar-refractivity contribution in [2.75, 3.05) is 6.61 Å². The molecule has 0 N–H and O–H groups in total. The molecule has 64 valence electrons. The lowest BCUT2D eigenvalue weighted by molar-refractivity contribution is 0.275. The zero-order chi connectivity index (χ0) is 8.55. The predicted octanol–water partition coefficient (Wildman–Crippen LogP) is 2.07. The van der Waals surface area contributed by atoms with Crippen LogP contribution in [-0.2, 0) is 0 Å². The molecule has 1 unspecified atom stereocenters. The van der Waals surface area contributed by atoms with Crippen molar-refractivity contribution >= 4 is 14.5 Å². The number of ether oxygens (including phenoxy) is 1. The van der Waals surface area contributed by atoms with Gasteiger partial charge < -0.3 is 4.74 Å². The standard InChI is InChI=1S/C10H13OP/c1-7-5-6-11-10-8(7)3-2-4-9(10)12/h2-4,7H,5-6,12H2,1H3/t7-/m1/s1. The van der Waals surface area contributed by atoms with Gasteiger partial charge >= 0.3 is 0 Å². The van der Waals surface area contributed by atoms with Gasteiger partial charge in [-0.3, -0.25) is 0 Å². The van der Waals surface area contributed by atoms with Gasteiger partial charge in [0, 0.05) is 5.30 Å². The Morgan fingerprint density at radius 1 is 1.50 bits per heavy atom. The Morgan fingerprint density at radius 3 is 3.08 bits per heavy atom. The van der Waals surface area contributed by atoms with Gasteiger partial charge in [-0.2, -0.15) is 0 Å². The molecule has 0 saturated carbocycles. The summed E-state index contributed by atoms with van der Waals surface area (Å²) in [5.74, 6) is 1.73. The van der Waals surface area contributed by atoms with Crippen LogP contribution in [0, 0.1) is 0 Å². The van der Waals surface area contributed by atoms with Crippen LogP contribution < -0.4 is 10.0 Å². The van der Waals surface area contributed by atoms with E-state index >= 15 is 0 Å². The van der Waals surface area contributed by atoms with Crippen molar-refractivity contribution in [3.63, 3.8) is 0 Å². The molecule has 1 aromatic carbocycles. The predicted molar refractivity (Wildman–Crippen MR) is 54.3 cm³/mol. The number of rotatable bonds is 0. The van der Waals surface area contributed by atoms with Crippen LogP contribution in [0.4, 0.5) is 0 Å². The van der Waals surface area contributed by atoms with E-state index in [4.69, 9.17) is 4.74 Å². The molecule has 0 spiro atoms. The second-order valence-corrected chi connectivity index (χ2v) is 3.93. The van der Waals surface area contributed by atoms with Crippen molar-refractivity contribution in [2.24, 2.45) is 0 Å². The summed E-state index contributed by atoms with van der Waals surface area (Å²) in [6, 6.07) is 6.32. The molecule has 2 atom stereocenters. The molecule has 2 rings (SSSR count). The van der Waals surface area contributed by atoms with Gasteiger partial charge in [0.05, 0.1) is 6.61 Å². The van der Waals surface area contributed by atoms with E-state index in [0.717, 1.165) is 18.8 Å². The summed E-state index contributed by atoms with van der Waals surface area (Å²) in [6.07, 6.45) is 1.14. The minimum atomic E-state index is 0.647. The summed E-state index contributed by atoms with van der Waals surface area (Å²) in [7, 11) is 2.72. The average molecular weight is 180 g/mol. The summed E-state index contributed by atoms with van der Waals surface area (Å²) in [6.45, 7) is 3.12. The maximum absolute atomic E-state index is 5.60. The van der Waals surface area contributed by atoms with Crippen molar-refractivity contribution in [1.82, 2.24) is 0 Å². The minimum Gasteiger partial charge on any atom is -0.493 e. The highest BCUT2D eigenvalue weighted by atomic mass is 31.0. The van der Waals surface area contributed by atoms with E-state index in [1.54, 1.807) is 0 Å². The van der Waals surface area contributed by atoms with Crippen LogP contribution in [-0.4, -0.2) is 6.61 Å². The third kappa shape index (κ3) is 1.23. The SMILES string of the molecule is C[C@@H]1CCOc2c(P)cccc21. The van der Waals surface area contributed by atoms with Crippen LogP contribution in [0.3, 0.4) is 0 Å². The van der Waals surface area contributed by atoms with Gasteiger partial charge in [0.15, 0.2) is 0 Å². The topological polar surface area (TPSA) is 9.23 Å². The summed E-state index contributed by atoms with van der Waals surface area (Å²) >= 11 is 0. The first-order valence-corrected chi connectivity index (χ1v) is 4.88. The lowest BCUT2D eigenvalue weighted by Gasteiger charge is -2.24. The molecule has 0 bridgehead atoms. The maximum Gasteiger partial charge on any atom is 0.129 e. The Labute approximate surface area is 75.3 Å². The molecule has 1 nitrogen and oxygen atoms in total. The molecule has 1 aromatic rings. The molecule has 1 aliphatic heterocycles. The Kier molecular flexibility index (Phi) is 2.06. The first kappa shape index (κ1) is 8.07. The molecule has 12 heavy (non-hydrogen) atoms. The third-order valence-electron chi connectivity index (χ3n) is 2.40. The smallest absolute Gasteiger partial charge is 0.129 e. The monoisotopic (exact) mass is 180 g/mol. The number of hydrogen-bond acceptors (Lipinski definition) is 1. The Balaban J connectivity index is 2.52.